The summed E-state index contributed by atoms with van der Waals surface area (Å²) in [6.45, 7) is 0. The van der Waals surface area contributed by atoms with Gasteiger partial charge in [-0.2, -0.15) is 0 Å². The van der Waals surface area contributed by atoms with Gasteiger partial charge in [0.15, 0.2) is 0 Å². The van der Waals surface area contributed by atoms with E-state index in [1.807, 2.05) is 11.4 Å². The standard InChI is InChI=1S/C10H11BrOS/c11-8-4-5-13-10(8)6-9(12)7-2-1-3-7/h4-5,7H,1-3,6H2. The van der Waals surface area contributed by atoms with Gasteiger partial charge in [0.25, 0.3) is 0 Å². The molecule has 1 fully saturated rings. The van der Waals surface area contributed by atoms with Crippen LogP contribution in [0.2, 0.25) is 0 Å². The molecular formula is C10H11BrOS. The van der Waals surface area contributed by atoms with E-state index in [4.69, 9.17) is 0 Å². The molecule has 1 saturated carbocycles. The molecule has 1 aliphatic rings. The molecule has 0 unspecified atom stereocenters. The second-order valence-corrected chi connectivity index (χ2v) is 5.32. The van der Waals surface area contributed by atoms with Gasteiger partial charge in [0.1, 0.15) is 5.78 Å². The Balaban J connectivity index is 1.97. The van der Waals surface area contributed by atoms with Crippen LogP contribution in [0, 0.1) is 5.92 Å². The predicted octanol–water partition coefficient (Wildman–Crippen LogP) is 3.42. The highest BCUT2D eigenvalue weighted by atomic mass is 79.9. The summed E-state index contributed by atoms with van der Waals surface area (Å²) in [7, 11) is 0. The highest BCUT2D eigenvalue weighted by Crippen LogP contribution is 2.30. The quantitative estimate of drug-likeness (QED) is 0.812. The fourth-order valence-corrected chi connectivity index (χ4v) is 2.99. The van der Waals surface area contributed by atoms with E-state index in [1.165, 1.54) is 11.3 Å². The van der Waals surface area contributed by atoms with Gasteiger partial charge in [-0.25, -0.2) is 0 Å². The summed E-state index contributed by atoms with van der Waals surface area (Å²) >= 11 is 5.10. The van der Waals surface area contributed by atoms with Crippen LogP contribution in [0.25, 0.3) is 0 Å². The third-order valence-electron chi connectivity index (χ3n) is 2.59. The molecule has 1 heterocycles. The summed E-state index contributed by atoms with van der Waals surface area (Å²) in [6, 6.07) is 2.01. The summed E-state index contributed by atoms with van der Waals surface area (Å²) in [5.41, 5.74) is 0. The average molecular weight is 259 g/mol. The number of rotatable bonds is 3. The molecule has 0 bridgehead atoms. The zero-order valence-corrected chi connectivity index (χ0v) is 9.66. The molecule has 70 valence electrons. The molecule has 0 aromatic carbocycles. The van der Waals surface area contributed by atoms with Crippen LogP contribution in [0.4, 0.5) is 0 Å². The number of carbonyl (C=O) groups excluding carboxylic acids is 1. The van der Waals surface area contributed by atoms with Crippen molar-refractivity contribution in [2.75, 3.05) is 0 Å². The minimum atomic E-state index is 0.369. The Morgan fingerprint density at radius 3 is 2.85 bits per heavy atom. The van der Waals surface area contributed by atoms with Crippen LogP contribution in [-0.4, -0.2) is 5.78 Å². The summed E-state index contributed by atoms with van der Waals surface area (Å²) in [5.74, 6) is 0.795. The Morgan fingerprint density at radius 1 is 1.62 bits per heavy atom. The zero-order valence-electron chi connectivity index (χ0n) is 7.25. The maximum atomic E-state index is 11.6. The van der Waals surface area contributed by atoms with Gasteiger partial charge < -0.3 is 0 Å². The largest absolute Gasteiger partial charge is 0.299 e. The molecule has 3 heteroatoms. The van der Waals surface area contributed by atoms with Crippen LogP contribution in [0.3, 0.4) is 0 Å². The van der Waals surface area contributed by atoms with E-state index in [9.17, 15) is 4.79 Å². The molecule has 0 radical (unpaired) electrons. The lowest BCUT2D eigenvalue weighted by Gasteiger charge is -2.23. The van der Waals surface area contributed by atoms with Crippen molar-refractivity contribution in [2.24, 2.45) is 5.92 Å². The van der Waals surface area contributed by atoms with Gasteiger partial charge in [0.05, 0.1) is 0 Å². The molecular weight excluding hydrogens is 248 g/mol. The van der Waals surface area contributed by atoms with Crippen molar-refractivity contribution < 1.29 is 4.79 Å². The Morgan fingerprint density at radius 2 is 2.38 bits per heavy atom. The van der Waals surface area contributed by atoms with Gasteiger partial charge >= 0.3 is 0 Å². The van der Waals surface area contributed by atoms with Crippen LogP contribution in [0.15, 0.2) is 15.9 Å². The first-order chi connectivity index (χ1) is 6.27. The minimum absolute atomic E-state index is 0.369. The van der Waals surface area contributed by atoms with Crippen molar-refractivity contribution in [1.29, 1.82) is 0 Å². The van der Waals surface area contributed by atoms with Crippen LogP contribution < -0.4 is 0 Å². The smallest absolute Gasteiger partial charge is 0.141 e. The van der Waals surface area contributed by atoms with E-state index in [-0.39, 0.29) is 0 Å². The third-order valence-corrected chi connectivity index (χ3v) is 4.51. The third kappa shape index (κ3) is 2.02. The SMILES string of the molecule is O=C(Cc1sccc1Br)C1CCC1. The number of ketones is 1. The van der Waals surface area contributed by atoms with Crippen molar-refractivity contribution in [1.82, 2.24) is 0 Å². The Bertz CT molecular complexity index is 314. The Hall–Kier alpha value is -0.150. The van der Waals surface area contributed by atoms with Gasteiger partial charge in [0.2, 0.25) is 0 Å². The van der Waals surface area contributed by atoms with Crippen LogP contribution in [0.1, 0.15) is 24.1 Å². The van der Waals surface area contributed by atoms with Crippen molar-refractivity contribution >= 4 is 33.0 Å². The van der Waals surface area contributed by atoms with Gasteiger partial charge in [-0.3, -0.25) is 4.79 Å². The van der Waals surface area contributed by atoms with Crippen LogP contribution in [0.5, 0.6) is 0 Å². The normalized spacial score (nSPS) is 17.0. The second kappa shape index (κ2) is 3.93. The highest BCUT2D eigenvalue weighted by Gasteiger charge is 2.25. The lowest BCUT2D eigenvalue weighted by atomic mass is 9.81. The molecule has 0 amide bonds. The number of hydrogen-bond acceptors (Lipinski definition) is 2. The van der Waals surface area contributed by atoms with Gasteiger partial charge in [-0.15, -0.1) is 11.3 Å². The molecule has 0 spiro atoms. The maximum Gasteiger partial charge on any atom is 0.141 e. The van der Waals surface area contributed by atoms with Crippen molar-refractivity contribution in [3.63, 3.8) is 0 Å². The van der Waals surface area contributed by atoms with E-state index < -0.39 is 0 Å². The first-order valence-electron chi connectivity index (χ1n) is 4.52. The van der Waals surface area contributed by atoms with E-state index in [1.54, 1.807) is 11.3 Å². The van der Waals surface area contributed by atoms with Gasteiger partial charge in [-0.1, -0.05) is 6.42 Å². The molecule has 1 aliphatic carbocycles. The first-order valence-corrected chi connectivity index (χ1v) is 6.19. The van der Waals surface area contributed by atoms with Gasteiger partial charge in [-0.05, 0) is 40.2 Å². The van der Waals surface area contributed by atoms with Crippen molar-refractivity contribution in [3.8, 4) is 0 Å². The number of hydrogen-bond donors (Lipinski definition) is 0. The van der Waals surface area contributed by atoms with E-state index in [2.05, 4.69) is 15.9 Å². The maximum absolute atomic E-state index is 11.6. The lowest BCUT2D eigenvalue weighted by molar-refractivity contribution is -0.124. The molecule has 0 N–H and O–H groups in total. The molecule has 0 saturated heterocycles. The summed E-state index contributed by atoms with van der Waals surface area (Å²) in [5, 5.41) is 2.02. The van der Waals surface area contributed by atoms with Crippen molar-refractivity contribution in [3.05, 3.63) is 20.8 Å². The molecule has 0 aliphatic heterocycles. The molecule has 1 aromatic heterocycles. The molecule has 1 nitrogen and oxygen atoms in total. The Labute approximate surface area is 90.3 Å². The van der Waals surface area contributed by atoms with Crippen LogP contribution >= 0.6 is 27.3 Å². The summed E-state index contributed by atoms with van der Waals surface area (Å²) in [4.78, 5) is 12.8. The van der Waals surface area contributed by atoms with E-state index in [0.29, 0.717) is 18.1 Å². The molecule has 1 aromatic rings. The number of halogens is 1. The van der Waals surface area contributed by atoms with Crippen molar-refractivity contribution in [2.45, 2.75) is 25.7 Å². The lowest BCUT2D eigenvalue weighted by Crippen LogP contribution is -2.23. The van der Waals surface area contributed by atoms with Crippen LogP contribution in [-0.2, 0) is 11.2 Å². The molecule has 2 rings (SSSR count). The summed E-state index contributed by atoms with van der Waals surface area (Å²) in [6.07, 6.45) is 4.09. The number of carbonyl (C=O) groups is 1. The molecule has 0 atom stereocenters. The highest BCUT2D eigenvalue weighted by molar-refractivity contribution is 9.10. The predicted molar refractivity (Wildman–Crippen MR) is 58.1 cm³/mol. The van der Waals surface area contributed by atoms with E-state index >= 15 is 0 Å². The zero-order chi connectivity index (χ0) is 9.26. The Kier molecular flexibility index (Phi) is 2.84. The van der Waals surface area contributed by atoms with E-state index in [0.717, 1.165) is 17.3 Å². The minimum Gasteiger partial charge on any atom is -0.299 e. The molecule has 13 heavy (non-hydrogen) atoms. The summed E-state index contributed by atoms with van der Waals surface area (Å²) < 4.78 is 1.09. The average Bonchev–Trinajstić information content (AvgIpc) is 2.32. The second-order valence-electron chi connectivity index (χ2n) is 3.46. The fraction of sp³-hybridized carbons (Fsp3) is 0.500. The van der Waals surface area contributed by atoms with Gasteiger partial charge in [0, 0.05) is 21.7 Å². The monoisotopic (exact) mass is 258 g/mol. The number of Topliss-reactive ketones (excluding diaryl/α,β-unsaturated/α-hetero) is 1. The topological polar surface area (TPSA) is 17.1 Å². The first kappa shape index (κ1) is 9.41. The number of thiophene rings is 1. The fourth-order valence-electron chi connectivity index (χ4n) is 1.48.